The lowest BCUT2D eigenvalue weighted by Gasteiger charge is -2.17. The molecule has 0 radical (unpaired) electrons. The monoisotopic (exact) mass is 563 g/mol. The van der Waals surface area contributed by atoms with Gasteiger partial charge in [0.15, 0.2) is 15.8 Å². The van der Waals surface area contributed by atoms with E-state index in [0.29, 0.717) is 10.0 Å². The third kappa shape index (κ3) is 7.39. The zero-order chi connectivity index (χ0) is 19.3. The first-order chi connectivity index (χ1) is 12.2. The number of nitrogens with zero attached hydrogens (tertiary/aromatic N) is 1. The Kier molecular flexibility index (Phi) is 9.80. The van der Waals surface area contributed by atoms with Crippen molar-refractivity contribution < 1.29 is 13.5 Å². The van der Waals surface area contributed by atoms with Crippen LogP contribution in [0, 0.1) is 0 Å². The highest BCUT2D eigenvalue weighted by Gasteiger charge is 2.20. The van der Waals surface area contributed by atoms with Crippen LogP contribution >= 0.6 is 58.5 Å². The van der Waals surface area contributed by atoms with Crippen molar-refractivity contribution in [1.29, 1.82) is 0 Å². The number of sulfone groups is 1. The Hall–Kier alpha value is -0.590. The first-order valence-corrected chi connectivity index (χ1v) is 10.9. The molecule has 0 bridgehead atoms. The maximum atomic E-state index is 12.1. The molecular formula is C16H20Cl2IN3O3S2. The Balaban J connectivity index is 0.00000364. The Morgan fingerprint density at radius 2 is 2.07 bits per heavy atom. The highest BCUT2D eigenvalue weighted by Crippen LogP contribution is 2.26. The van der Waals surface area contributed by atoms with E-state index in [9.17, 15) is 13.5 Å². The van der Waals surface area contributed by atoms with Gasteiger partial charge in [-0.3, -0.25) is 4.99 Å². The minimum atomic E-state index is -3.53. The molecule has 0 amide bonds. The average molecular weight is 564 g/mol. The Labute approximate surface area is 189 Å². The second-order valence-corrected chi connectivity index (χ2v) is 9.68. The topological polar surface area (TPSA) is 105 Å². The molecule has 0 saturated heterocycles. The summed E-state index contributed by atoms with van der Waals surface area (Å²) in [6, 6.07) is 8.03. The summed E-state index contributed by atoms with van der Waals surface area (Å²) in [6.07, 6.45) is -1.16. The molecule has 0 aliphatic heterocycles. The van der Waals surface area contributed by atoms with Crippen molar-refractivity contribution in [1.82, 2.24) is 5.32 Å². The SMILES string of the molecule is CC(NC(N)=NCC(O)CS(=O)(=O)c1cccs1)c1ccc(Cl)cc1Cl.I. The number of aliphatic imine (C=N–C) groups is 1. The van der Waals surface area contributed by atoms with E-state index in [2.05, 4.69) is 10.3 Å². The van der Waals surface area contributed by atoms with Crippen LogP contribution in [0.25, 0.3) is 0 Å². The number of thiophene rings is 1. The average Bonchev–Trinajstić information content (AvgIpc) is 3.07. The van der Waals surface area contributed by atoms with Crippen molar-refractivity contribution in [3.63, 3.8) is 0 Å². The van der Waals surface area contributed by atoms with Crippen molar-refractivity contribution in [3.05, 3.63) is 51.3 Å². The molecule has 4 N–H and O–H groups in total. The van der Waals surface area contributed by atoms with Crippen LogP contribution in [0.15, 0.2) is 44.9 Å². The molecule has 0 fully saturated rings. The van der Waals surface area contributed by atoms with E-state index < -0.39 is 21.7 Å². The summed E-state index contributed by atoms with van der Waals surface area (Å²) >= 11 is 13.1. The highest BCUT2D eigenvalue weighted by atomic mass is 127. The van der Waals surface area contributed by atoms with Crippen LogP contribution in [-0.2, 0) is 9.84 Å². The maximum absolute atomic E-state index is 12.1. The number of nitrogens with two attached hydrogens (primary N) is 1. The largest absolute Gasteiger partial charge is 0.390 e. The lowest BCUT2D eigenvalue weighted by Crippen LogP contribution is -2.35. The number of benzene rings is 1. The van der Waals surface area contributed by atoms with E-state index in [0.717, 1.165) is 16.9 Å². The normalized spacial score (nSPS) is 14.3. The van der Waals surface area contributed by atoms with Crippen LogP contribution < -0.4 is 11.1 Å². The molecular weight excluding hydrogens is 544 g/mol. The van der Waals surface area contributed by atoms with Crippen LogP contribution in [0.3, 0.4) is 0 Å². The zero-order valence-corrected chi connectivity index (χ0v) is 19.8. The Bertz CT molecular complexity index is 877. The maximum Gasteiger partial charge on any atom is 0.190 e. The molecule has 0 spiro atoms. The summed E-state index contributed by atoms with van der Waals surface area (Å²) in [5.41, 5.74) is 6.60. The molecule has 0 aliphatic rings. The molecule has 1 heterocycles. The van der Waals surface area contributed by atoms with Gasteiger partial charge in [0.05, 0.1) is 24.4 Å². The smallest absolute Gasteiger partial charge is 0.190 e. The molecule has 11 heteroatoms. The van der Waals surface area contributed by atoms with Crippen LogP contribution in [0.5, 0.6) is 0 Å². The van der Waals surface area contributed by atoms with E-state index in [1.807, 2.05) is 6.92 Å². The molecule has 6 nitrogen and oxygen atoms in total. The predicted molar refractivity (Wildman–Crippen MR) is 122 cm³/mol. The number of halogens is 3. The van der Waals surface area contributed by atoms with Gasteiger partial charge in [0.2, 0.25) is 0 Å². The third-order valence-electron chi connectivity index (χ3n) is 3.48. The minimum Gasteiger partial charge on any atom is -0.390 e. The fraction of sp³-hybridized carbons (Fsp3) is 0.312. The van der Waals surface area contributed by atoms with Gasteiger partial charge in [0.1, 0.15) is 4.21 Å². The van der Waals surface area contributed by atoms with Gasteiger partial charge in [-0.2, -0.15) is 0 Å². The van der Waals surface area contributed by atoms with E-state index in [-0.39, 0.29) is 46.7 Å². The number of guanidine groups is 1. The van der Waals surface area contributed by atoms with Gasteiger partial charge in [0.25, 0.3) is 0 Å². The number of hydrogen-bond acceptors (Lipinski definition) is 5. The van der Waals surface area contributed by atoms with E-state index in [1.165, 1.54) is 6.07 Å². The fourth-order valence-electron chi connectivity index (χ4n) is 2.23. The fourth-order valence-corrected chi connectivity index (χ4v) is 5.27. The molecule has 2 atom stereocenters. The first kappa shape index (κ1) is 24.4. The molecule has 150 valence electrons. The number of nitrogens with one attached hydrogen (secondary N) is 1. The van der Waals surface area contributed by atoms with Crippen molar-refractivity contribution in [3.8, 4) is 0 Å². The lowest BCUT2D eigenvalue weighted by atomic mass is 10.1. The molecule has 2 aromatic rings. The van der Waals surface area contributed by atoms with Gasteiger partial charge >= 0.3 is 0 Å². The third-order valence-corrected chi connectivity index (χ3v) is 7.33. The summed E-state index contributed by atoms with van der Waals surface area (Å²) in [6.45, 7) is 1.71. The van der Waals surface area contributed by atoms with Gasteiger partial charge in [-0.25, -0.2) is 8.42 Å². The minimum absolute atomic E-state index is 0. The van der Waals surface area contributed by atoms with Crippen molar-refractivity contribution in [2.24, 2.45) is 10.7 Å². The molecule has 2 rings (SSSR count). The standard InChI is InChI=1S/C16H19Cl2N3O3S2.HI/c1-10(13-5-4-11(17)7-14(13)18)21-16(19)20-8-12(22)9-26(23,24)15-3-2-6-25-15;/h2-7,10,12,22H,8-9H2,1H3,(H3,19,20,21);1H. The van der Waals surface area contributed by atoms with Gasteiger partial charge < -0.3 is 16.2 Å². The summed E-state index contributed by atoms with van der Waals surface area (Å²) in [5.74, 6) is -0.334. The van der Waals surface area contributed by atoms with Gasteiger partial charge in [0, 0.05) is 10.0 Å². The lowest BCUT2D eigenvalue weighted by molar-refractivity contribution is 0.206. The summed E-state index contributed by atoms with van der Waals surface area (Å²) < 4.78 is 24.4. The number of aliphatic hydroxyl groups is 1. The highest BCUT2D eigenvalue weighted by molar-refractivity contribution is 14.0. The van der Waals surface area contributed by atoms with E-state index in [1.54, 1.807) is 29.6 Å². The van der Waals surface area contributed by atoms with Crippen LogP contribution in [-0.4, -0.2) is 37.9 Å². The molecule has 0 aliphatic carbocycles. The van der Waals surface area contributed by atoms with Gasteiger partial charge in [-0.15, -0.1) is 35.3 Å². The van der Waals surface area contributed by atoms with Crippen molar-refractivity contribution >= 4 is 74.3 Å². The van der Waals surface area contributed by atoms with Crippen LogP contribution in [0.1, 0.15) is 18.5 Å². The van der Waals surface area contributed by atoms with Crippen LogP contribution in [0.2, 0.25) is 10.0 Å². The Morgan fingerprint density at radius 3 is 2.67 bits per heavy atom. The van der Waals surface area contributed by atoms with Gasteiger partial charge in [-0.1, -0.05) is 35.3 Å². The summed E-state index contributed by atoms with van der Waals surface area (Å²) in [7, 11) is -3.53. The molecule has 1 aromatic heterocycles. The molecule has 1 aromatic carbocycles. The first-order valence-electron chi connectivity index (χ1n) is 7.65. The van der Waals surface area contributed by atoms with E-state index >= 15 is 0 Å². The summed E-state index contributed by atoms with van der Waals surface area (Å²) in [5, 5.41) is 15.6. The number of rotatable bonds is 7. The van der Waals surface area contributed by atoms with Crippen molar-refractivity contribution in [2.45, 2.75) is 23.3 Å². The number of hydrogen-bond donors (Lipinski definition) is 3. The van der Waals surface area contributed by atoms with Crippen LogP contribution in [0.4, 0.5) is 0 Å². The Morgan fingerprint density at radius 1 is 1.37 bits per heavy atom. The zero-order valence-electron chi connectivity index (χ0n) is 14.3. The predicted octanol–water partition coefficient (Wildman–Crippen LogP) is 3.47. The van der Waals surface area contributed by atoms with Crippen molar-refractivity contribution in [2.75, 3.05) is 12.3 Å². The second-order valence-electron chi connectivity index (χ2n) is 5.63. The number of aliphatic hydroxyl groups excluding tert-OH is 1. The molecule has 27 heavy (non-hydrogen) atoms. The molecule has 0 saturated carbocycles. The molecule has 2 unspecified atom stereocenters. The second kappa shape index (κ2) is 10.8. The van der Waals surface area contributed by atoms with E-state index in [4.69, 9.17) is 28.9 Å². The summed E-state index contributed by atoms with van der Waals surface area (Å²) in [4.78, 5) is 4.01. The quantitative estimate of drug-likeness (QED) is 0.272. The van der Waals surface area contributed by atoms with Gasteiger partial charge in [-0.05, 0) is 36.1 Å².